The van der Waals surface area contributed by atoms with Crippen molar-refractivity contribution in [3.05, 3.63) is 78.5 Å². The molecule has 0 aliphatic heterocycles. The smallest absolute Gasteiger partial charge is 0.489 e. The zero-order chi connectivity index (χ0) is 23.5. The number of hydrogen-bond donors (Lipinski definition) is 4. The summed E-state index contributed by atoms with van der Waals surface area (Å²) in [4.78, 5) is 9.55. The molecular formula is C24H23BN6O3. The van der Waals surface area contributed by atoms with Crippen LogP contribution >= 0.6 is 0 Å². The summed E-state index contributed by atoms with van der Waals surface area (Å²) >= 11 is 0. The number of anilines is 1. The van der Waals surface area contributed by atoms with Gasteiger partial charge in [0.25, 0.3) is 5.95 Å². The molecule has 2 heterocycles. The van der Waals surface area contributed by atoms with Crippen molar-refractivity contribution in [2.24, 2.45) is 5.73 Å². The van der Waals surface area contributed by atoms with E-state index >= 15 is 0 Å². The summed E-state index contributed by atoms with van der Waals surface area (Å²) in [5, 5.41) is 28.7. The third kappa shape index (κ3) is 4.17. The van der Waals surface area contributed by atoms with E-state index in [1.54, 1.807) is 23.0 Å². The fraction of sp³-hybridized carbons (Fsp3) is 0.125. The third-order valence-corrected chi connectivity index (χ3v) is 5.47. The third-order valence-electron chi connectivity index (χ3n) is 5.47. The van der Waals surface area contributed by atoms with Crippen molar-refractivity contribution in [1.29, 1.82) is 0 Å². The van der Waals surface area contributed by atoms with Gasteiger partial charge in [-0.25, -0.2) is 4.98 Å². The summed E-state index contributed by atoms with van der Waals surface area (Å²) < 4.78 is 7.44. The predicted octanol–water partition coefficient (Wildman–Crippen LogP) is 1.60. The monoisotopic (exact) mass is 454 g/mol. The largest absolute Gasteiger partial charge is 0.490 e. The molecular weight excluding hydrogens is 431 g/mol. The van der Waals surface area contributed by atoms with E-state index in [0.717, 1.165) is 10.9 Å². The average Bonchev–Trinajstić information content (AvgIpc) is 3.30. The van der Waals surface area contributed by atoms with Crippen LogP contribution in [0.25, 0.3) is 27.8 Å². The average molecular weight is 454 g/mol. The maximum Gasteiger partial charge on any atom is 0.489 e. The highest BCUT2D eigenvalue weighted by molar-refractivity contribution is 6.61. The Balaban J connectivity index is 1.66. The van der Waals surface area contributed by atoms with Gasteiger partial charge in [-0.05, 0) is 29.2 Å². The molecule has 10 heteroatoms. The molecule has 0 radical (unpaired) electrons. The van der Waals surface area contributed by atoms with Gasteiger partial charge >= 0.3 is 7.12 Å². The number of aromatic nitrogens is 4. The minimum absolute atomic E-state index is 0.325. The molecule has 0 aliphatic carbocycles. The summed E-state index contributed by atoms with van der Waals surface area (Å²) in [6.45, 7) is 1.30. The fourth-order valence-electron chi connectivity index (χ4n) is 3.87. The molecule has 0 fully saturated rings. The lowest BCUT2D eigenvalue weighted by atomic mass is 9.78. The van der Waals surface area contributed by atoms with E-state index in [1.165, 1.54) is 0 Å². The van der Waals surface area contributed by atoms with Crippen LogP contribution in [0.15, 0.2) is 72.9 Å². The summed E-state index contributed by atoms with van der Waals surface area (Å²) in [6, 6.07) is 20.9. The number of nitrogens with zero attached hydrogens (tertiary/aromatic N) is 4. The van der Waals surface area contributed by atoms with Gasteiger partial charge in [0, 0.05) is 23.9 Å². The standard InChI is InChI=1S/C24H23BN6O3/c26-12-13-34-21-11-4-8-17-22(21)29-24(30-23(17)27-14-16-6-2-1-3-7-16)31-20-10-5-9-19(25(32)33)18(20)15-28-31/h1-11,15,32-33H,12-14,26H2,(H,27,29,30). The molecule has 2 aromatic heterocycles. The Morgan fingerprint density at radius 3 is 2.56 bits per heavy atom. The minimum Gasteiger partial charge on any atom is -0.490 e. The van der Waals surface area contributed by atoms with Crippen molar-refractivity contribution in [1.82, 2.24) is 19.7 Å². The molecule has 5 rings (SSSR count). The molecule has 0 unspecified atom stereocenters. The summed E-state index contributed by atoms with van der Waals surface area (Å²) in [6.07, 6.45) is 1.57. The Morgan fingerprint density at radius 1 is 0.941 bits per heavy atom. The maximum absolute atomic E-state index is 9.73. The quantitative estimate of drug-likeness (QED) is 0.260. The summed E-state index contributed by atoms with van der Waals surface area (Å²) in [7, 11) is -1.61. The van der Waals surface area contributed by atoms with Gasteiger partial charge in [0.15, 0.2) is 0 Å². The number of hydrogen-bond acceptors (Lipinski definition) is 8. The molecule has 0 saturated heterocycles. The molecule has 34 heavy (non-hydrogen) atoms. The predicted molar refractivity (Wildman–Crippen MR) is 132 cm³/mol. The first-order chi connectivity index (χ1) is 16.7. The number of para-hydroxylation sites is 1. The minimum atomic E-state index is -1.61. The van der Waals surface area contributed by atoms with E-state index in [0.29, 0.717) is 59.1 Å². The lowest BCUT2D eigenvalue weighted by Gasteiger charge is -2.14. The van der Waals surface area contributed by atoms with Crippen LogP contribution in [0.5, 0.6) is 5.75 Å². The van der Waals surface area contributed by atoms with Gasteiger partial charge in [-0.1, -0.05) is 48.5 Å². The summed E-state index contributed by atoms with van der Waals surface area (Å²) in [5.74, 6) is 1.55. The molecule has 0 saturated carbocycles. The van der Waals surface area contributed by atoms with Crippen molar-refractivity contribution in [3.8, 4) is 11.7 Å². The second-order valence-corrected chi connectivity index (χ2v) is 7.71. The van der Waals surface area contributed by atoms with E-state index in [2.05, 4.69) is 10.4 Å². The van der Waals surface area contributed by atoms with Gasteiger partial charge in [0.1, 0.15) is 23.7 Å². The van der Waals surface area contributed by atoms with Crippen LogP contribution in [0.3, 0.4) is 0 Å². The first-order valence-corrected chi connectivity index (χ1v) is 10.9. The van der Waals surface area contributed by atoms with Crippen LogP contribution in [0.2, 0.25) is 0 Å². The van der Waals surface area contributed by atoms with Crippen molar-refractivity contribution < 1.29 is 14.8 Å². The second kappa shape index (κ2) is 9.48. The molecule has 0 bridgehead atoms. The lowest BCUT2D eigenvalue weighted by Crippen LogP contribution is -2.30. The SMILES string of the molecule is NCCOc1cccc2c(NCc3ccccc3)nc(-n3ncc4c(B(O)O)cccc43)nc12. The van der Waals surface area contributed by atoms with Gasteiger partial charge in [-0.3, -0.25) is 0 Å². The Morgan fingerprint density at radius 2 is 1.76 bits per heavy atom. The Kier molecular flexibility index (Phi) is 6.09. The zero-order valence-electron chi connectivity index (χ0n) is 18.3. The fourth-order valence-corrected chi connectivity index (χ4v) is 3.87. The summed E-state index contributed by atoms with van der Waals surface area (Å²) in [5.41, 5.74) is 8.39. The number of nitrogens with two attached hydrogens (primary N) is 1. The molecule has 9 nitrogen and oxygen atoms in total. The van der Waals surface area contributed by atoms with Gasteiger partial charge < -0.3 is 25.8 Å². The molecule has 0 spiro atoms. The zero-order valence-corrected chi connectivity index (χ0v) is 18.3. The van der Waals surface area contributed by atoms with Gasteiger partial charge in [-0.2, -0.15) is 14.8 Å². The van der Waals surface area contributed by atoms with Crippen molar-refractivity contribution in [2.45, 2.75) is 6.54 Å². The van der Waals surface area contributed by atoms with Crippen LogP contribution in [0, 0.1) is 0 Å². The molecule has 5 aromatic rings. The number of benzene rings is 3. The molecule has 3 aromatic carbocycles. The van der Waals surface area contributed by atoms with E-state index in [9.17, 15) is 10.0 Å². The highest BCUT2D eigenvalue weighted by Crippen LogP contribution is 2.30. The lowest BCUT2D eigenvalue weighted by molar-refractivity contribution is 0.331. The van der Waals surface area contributed by atoms with E-state index in [1.807, 2.05) is 54.6 Å². The van der Waals surface area contributed by atoms with Crippen LogP contribution < -0.4 is 21.3 Å². The van der Waals surface area contributed by atoms with Gasteiger partial charge in [0.05, 0.1) is 11.7 Å². The van der Waals surface area contributed by atoms with Crippen molar-refractivity contribution >= 4 is 40.2 Å². The second-order valence-electron chi connectivity index (χ2n) is 7.71. The number of rotatable bonds is 8. The van der Waals surface area contributed by atoms with Gasteiger partial charge in [-0.15, -0.1) is 0 Å². The van der Waals surface area contributed by atoms with E-state index in [4.69, 9.17) is 20.4 Å². The Labute approximate surface area is 196 Å². The number of fused-ring (bicyclic) bond motifs is 2. The number of ether oxygens (including phenoxy) is 1. The molecule has 0 amide bonds. The van der Waals surface area contributed by atoms with Crippen LogP contribution in [-0.2, 0) is 6.54 Å². The van der Waals surface area contributed by atoms with Gasteiger partial charge in [0.2, 0.25) is 0 Å². The van der Waals surface area contributed by atoms with Crippen LogP contribution in [0.4, 0.5) is 5.82 Å². The molecule has 170 valence electrons. The molecule has 5 N–H and O–H groups in total. The highest BCUT2D eigenvalue weighted by atomic mass is 16.5. The van der Waals surface area contributed by atoms with Crippen LogP contribution in [-0.4, -0.2) is 50.1 Å². The normalized spacial score (nSPS) is 11.1. The first kappa shape index (κ1) is 21.8. The van der Waals surface area contributed by atoms with Crippen molar-refractivity contribution in [2.75, 3.05) is 18.5 Å². The van der Waals surface area contributed by atoms with E-state index in [-0.39, 0.29) is 0 Å². The Bertz CT molecular complexity index is 1440. The van der Waals surface area contributed by atoms with Crippen LogP contribution in [0.1, 0.15) is 5.56 Å². The first-order valence-electron chi connectivity index (χ1n) is 10.9. The number of nitrogens with one attached hydrogen (secondary N) is 1. The maximum atomic E-state index is 9.73. The molecule has 0 atom stereocenters. The van der Waals surface area contributed by atoms with Crippen molar-refractivity contribution in [3.63, 3.8) is 0 Å². The Hall–Kier alpha value is -3.99. The molecule has 0 aliphatic rings. The topological polar surface area (TPSA) is 131 Å². The van der Waals surface area contributed by atoms with E-state index < -0.39 is 7.12 Å². The highest BCUT2D eigenvalue weighted by Gasteiger charge is 2.19.